The number of carbonyl (C=O) groups is 1. The van der Waals surface area contributed by atoms with Crippen LogP contribution in [0.15, 0.2) is 33.6 Å². The number of halogens is 1. The van der Waals surface area contributed by atoms with Crippen LogP contribution in [0.25, 0.3) is 0 Å². The minimum atomic E-state index is -1.15. The predicted octanol–water partition coefficient (Wildman–Crippen LogP) is 2.19. The summed E-state index contributed by atoms with van der Waals surface area (Å²) in [6, 6.07) is 7.26. The van der Waals surface area contributed by atoms with Crippen LogP contribution < -0.4 is 0 Å². The maximum absolute atomic E-state index is 12.1. The van der Waals surface area contributed by atoms with Crippen molar-refractivity contribution in [2.75, 3.05) is 5.75 Å². The van der Waals surface area contributed by atoms with E-state index in [-0.39, 0.29) is 6.10 Å². The summed E-state index contributed by atoms with van der Waals surface area (Å²) in [5.74, 6) is -0.585. The number of ether oxygens (including phenoxy) is 1. The van der Waals surface area contributed by atoms with Crippen molar-refractivity contribution in [3.8, 4) is 0 Å². The van der Waals surface area contributed by atoms with E-state index >= 15 is 0 Å². The largest absolute Gasteiger partial charge is 0.479 e. The van der Waals surface area contributed by atoms with Gasteiger partial charge in [-0.2, -0.15) is 0 Å². The number of benzene rings is 1. The Morgan fingerprint density at radius 2 is 2.06 bits per heavy atom. The molecule has 98 valence electrons. The molecule has 0 saturated carbocycles. The van der Waals surface area contributed by atoms with E-state index in [0.29, 0.717) is 18.6 Å². The van der Waals surface area contributed by atoms with Crippen LogP contribution in [0.4, 0.5) is 0 Å². The Bertz CT molecular complexity index is 460. The molecule has 0 bridgehead atoms. The highest BCUT2D eigenvalue weighted by molar-refractivity contribution is 9.10. The van der Waals surface area contributed by atoms with Gasteiger partial charge >= 0.3 is 5.97 Å². The van der Waals surface area contributed by atoms with E-state index in [1.54, 1.807) is 12.1 Å². The Hall–Kier alpha value is -0.720. The van der Waals surface area contributed by atoms with Crippen LogP contribution in [0, 0.1) is 0 Å². The standard InChI is InChI=1S/C12H13BrO4S/c13-8-1-4-10(5-2-8)18(16)7-9-3-6-11(17-9)12(14)15/h1-2,4-5,9,11H,3,6-7H2,(H,14,15). The molecule has 4 nitrogen and oxygen atoms in total. The van der Waals surface area contributed by atoms with Crippen molar-refractivity contribution in [3.05, 3.63) is 28.7 Å². The van der Waals surface area contributed by atoms with Gasteiger partial charge in [-0.3, -0.25) is 4.21 Å². The summed E-state index contributed by atoms with van der Waals surface area (Å²) in [6.07, 6.45) is 0.184. The lowest BCUT2D eigenvalue weighted by Gasteiger charge is -2.10. The highest BCUT2D eigenvalue weighted by atomic mass is 79.9. The molecule has 1 aliphatic heterocycles. The van der Waals surface area contributed by atoms with Gasteiger partial charge in [0.25, 0.3) is 0 Å². The van der Waals surface area contributed by atoms with E-state index in [2.05, 4.69) is 15.9 Å². The van der Waals surface area contributed by atoms with Crippen molar-refractivity contribution in [2.45, 2.75) is 29.9 Å². The SMILES string of the molecule is O=C(O)C1CCC(CS(=O)c2ccc(Br)cc2)O1. The summed E-state index contributed by atoms with van der Waals surface area (Å²) in [6.45, 7) is 0. The predicted molar refractivity (Wildman–Crippen MR) is 70.9 cm³/mol. The lowest BCUT2D eigenvalue weighted by Crippen LogP contribution is -2.23. The van der Waals surface area contributed by atoms with Gasteiger partial charge in [0.05, 0.1) is 22.7 Å². The first kappa shape index (κ1) is 13.7. The van der Waals surface area contributed by atoms with Crippen molar-refractivity contribution < 1.29 is 18.8 Å². The normalized spacial score (nSPS) is 24.9. The van der Waals surface area contributed by atoms with Gasteiger partial charge in [0.1, 0.15) is 0 Å². The van der Waals surface area contributed by atoms with E-state index in [4.69, 9.17) is 9.84 Å². The van der Waals surface area contributed by atoms with Crippen LogP contribution in [0.5, 0.6) is 0 Å². The number of rotatable bonds is 4. The van der Waals surface area contributed by atoms with Gasteiger partial charge in [-0.25, -0.2) is 4.79 Å². The number of carboxylic acids is 1. The molecule has 3 atom stereocenters. The fraction of sp³-hybridized carbons (Fsp3) is 0.417. The molecule has 0 radical (unpaired) electrons. The van der Waals surface area contributed by atoms with Crippen LogP contribution in [0.2, 0.25) is 0 Å². The summed E-state index contributed by atoms with van der Waals surface area (Å²) in [7, 11) is -1.15. The van der Waals surface area contributed by atoms with E-state index in [9.17, 15) is 9.00 Å². The molecule has 1 N–H and O–H groups in total. The van der Waals surface area contributed by atoms with Crippen molar-refractivity contribution in [3.63, 3.8) is 0 Å². The smallest absolute Gasteiger partial charge is 0.332 e. The molecular formula is C12H13BrO4S. The number of carboxylic acid groups (broad SMARTS) is 1. The van der Waals surface area contributed by atoms with E-state index in [1.807, 2.05) is 12.1 Å². The Morgan fingerprint density at radius 3 is 2.61 bits per heavy atom. The lowest BCUT2D eigenvalue weighted by atomic mass is 10.2. The van der Waals surface area contributed by atoms with Gasteiger partial charge in [0.2, 0.25) is 0 Å². The molecule has 1 aromatic rings. The van der Waals surface area contributed by atoms with Gasteiger partial charge in [0.15, 0.2) is 6.10 Å². The summed E-state index contributed by atoms with van der Waals surface area (Å²) >= 11 is 3.32. The first-order valence-electron chi connectivity index (χ1n) is 5.58. The second kappa shape index (κ2) is 5.95. The zero-order valence-electron chi connectivity index (χ0n) is 9.54. The Kier molecular flexibility index (Phi) is 4.53. The molecule has 3 unspecified atom stereocenters. The van der Waals surface area contributed by atoms with Gasteiger partial charge in [-0.05, 0) is 37.1 Å². The molecule has 0 aliphatic carbocycles. The molecule has 6 heteroatoms. The van der Waals surface area contributed by atoms with Crippen LogP contribution in [0.3, 0.4) is 0 Å². The topological polar surface area (TPSA) is 63.6 Å². The minimum Gasteiger partial charge on any atom is -0.479 e. The second-order valence-electron chi connectivity index (χ2n) is 4.13. The average Bonchev–Trinajstić information content (AvgIpc) is 2.78. The summed E-state index contributed by atoms with van der Waals surface area (Å²) in [5.41, 5.74) is 0. The van der Waals surface area contributed by atoms with Crippen molar-refractivity contribution in [1.82, 2.24) is 0 Å². The minimum absolute atomic E-state index is 0.226. The Balaban J connectivity index is 1.92. The van der Waals surface area contributed by atoms with Gasteiger partial charge in [0, 0.05) is 9.37 Å². The third-order valence-corrected chi connectivity index (χ3v) is 4.80. The zero-order valence-corrected chi connectivity index (χ0v) is 11.9. The molecule has 0 spiro atoms. The molecule has 18 heavy (non-hydrogen) atoms. The molecule has 0 aromatic heterocycles. The quantitative estimate of drug-likeness (QED) is 0.917. The van der Waals surface area contributed by atoms with E-state index < -0.39 is 22.9 Å². The van der Waals surface area contributed by atoms with Crippen molar-refractivity contribution >= 4 is 32.7 Å². The van der Waals surface area contributed by atoms with E-state index in [0.717, 1.165) is 9.37 Å². The highest BCUT2D eigenvalue weighted by Crippen LogP contribution is 2.22. The van der Waals surface area contributed by atoms with Gasteiger partial charge < -0.3 is 9.84 Å². The first-order chi connectivity index (χ1) is 8.56. The number of aliphatic carboxylic acids is 1. The maximum Gasteiger partial charge on any atom is 0.332 e. The van der Waals surface area contributed by atoms with Crippen molar-refractivity contribution in [2.24, 2.45) is 0 Å². The third kappa shape index (κ3) is 3.40. The van der Waals surface area contributed by atoms with Crippen LogP contribution in [-0.4, -0.2) is 33.2 Å². The van der Waals surface area contributed by atoms with Crippen LogP contribution in [-0.2, 0) is 20.3 Å². The van der Waals surface area contributed by atoms with Gasteiger partial charge in [-0.15, -0.1) is 0 Å². The fourth-order valence-electron chi connectivity index (χ4n) is 1.86. The van der Waals surface area contributed by atoms with Crippen LogP contribution >= 0.6 is 15.9 Å². The number of hydrogen-bond acceptors (Lipinski definition) is 3. The average molecular weight is 333 g/mol. The molecule has 1 aliphatic rings. The zero-order chi connectivity index (χ0) is 13.1. The van der Waals surface area contributed by atoms with E-state index in [1.165, 1.54) is 0 Å². The lowest BCUT2D eigenvalue weighted by molar-refractivity contribution is -0.148. The molecular weight excluding hydrogens is 320 g/mol. The summed E-state index contributed by atoms with van der Waals surface area (Å²) in [5, 5.41) is 8.81. The second-order valence-corrected chi connectivity index (χ2v) is 6.54. The molecule has 1 heterocycles. The first-order valence-corrected chi connectivity index (χ1v) is 7.69. The van der Waals surface area contributed by atoms with Gasteiger partial charge in [-0.1, -0.05) is 15.9 Å². The molecule has 0 amide bonds. The number of hydrogen-bond donors (Lipinski definition) is 1. The monoisotopic (exact) mass is 332 g/mol. The maximum atomic E-state index is 12.1. The summed E-state index contributed by atoms with van der Waals surface area (Å²) in [4.78, 5) is 11.5. The molecule has 2 rings (SSSR count). The molecule has 1 aromatic carbocycles. The fourth-order valence-corrected chi connectivity index (χ4v) is 3.34. The van der Waals surface area contributed by atoms with Crippen LogP contribution in [0.1, 0.15) is 12.8 Å². The Morgan fingerprint density at radius 1 is 1.39 bits per heavy atom. The molecule has 1 saturated heterocycles. The third-order valence-electron chi connectivity index (χ3n) is 2.80. The Labute approximate surface area is 116 Å². The van der Waals surface area contributed by atoms with Crippen molar-refractivity contribution in [1.29, 1.82) is 0 Å². The molecule has 1 fully saturated rings. The highest BCUT2D eigenvalue weighted by Gasteiger charge is 2.31. The summed E-state index contributed by atoms with van der Waals surface area (Å²) < 4.78 is 18.3.